The maximum absolute atomic E-state index is 5.97. The summed E-state index contributed by atoms with van der Waals surface area (Å²) >= 11 is 5.97. The summed E-state index contributed by atoms with van der Waals surface area (Å²) in [6.45, 7) is 5.66. The highest BCUT2D eigenvalue weighted by atomic mass is 127. The quantitative estimate of drug-likeness (QED) is 0.475. The maximum Gasteiger partial charge on any atom is 0.191 e. The van der Waals surface area contributed by atoms with Gasteiger partial charge in [0.05, 0.1) is 19.8 Å². The zero-order valence-electron chi connectivity index (χ0n) is 10.9. The van der Waals surface area contributed by atoms with Gasteiger partial charge in [-0.25, -0.2) is 4.99 Å². The number of aryl methyl sites for hydroxylation is 1. The van der Waals surface area contributed by atoms with Crippen molar-refractivity contribution in [1.29, 1.82) is 0 Å². The van der Waals surface area contributed by atoms with E-state index in [1.165, 1.54) is 5.56 Å². The number of aliphatic imine (C=N–C) groups is 1. The van der Waals surface area contributed by atoms with E-state index in [-0.39, 0.29) is 24.0 Å². The van der Waals surface area contributed by atoms with E-state index in [1.807, 2.05) is 30.0 Å². The van der Waals surface area contributed by atoms with E-state index < -0.39 is 0 Å². The van der Waals surface area contributed by atoms with Crippen LogP contribution < -0.4 is 5.73 Å². The average Bonchev–Trinajstić information content (AvgIpc) is 2.40. The van der Waals surface area contributed by atoms with Gasteiger partial charge in [0.15, 0.2) is 5.96 Å². The van der Waals surface area contributed by atoms with E-state index in [0.717, 1.165) is 23.7 Å². The SMILES string of the molecule is Cc1ccc(Cl)cc1CN=C(N)N1CCOCC1.I. The number of benzene rings is 1. The van der Waals surface area contributed by atoms with Crippen LogP contribution in [-0.2, 0) is 11.3 Å². The average molecular weight is 396 g/mol. The number of hydrogen-bond acceptors (Lipinski definition) is 2. The van der Waals surface area contributed by atoms with Gasteiger partial charge in [0, 0.05) is 18.1 Å². The van der Waals surface area contributed by atoms with Crippen LogP contribution in [0.5, 0.6) is 0 Å². The molecule has 1 aliphatic rings. The molecule has 1 aromatic carbocycles. The van der Waals surface area contributed by atoms with E-state index in [1.54, 1.807) is 0 Å². The van der Waals surface area contributed by atoms with Crippen LogP contribution in [0.1, 0.15) is 11.1 Å². The fourth-order valence-electron chi connectivity index (χ4n) is 1.87. The third-order valence-electron chi connectivity index (χ3n) is 3.06. The third-order valence-corrected chi connectivity index (χ3v) is 3.29. The lowest BCUT2D eigenvalue weighted by Gasteiger charge is -2.27. The van der Waals surface area contributed by atoms with Gasteiger partial charge in [-0.05, 0) is 30.2 Å². The fourth-order valence-corrected chi connectivity index (χ4v) is 2.06. The Labute approximate surface area is 136 Å². The Morgan fingerprint density at radius 3 is 2.79 bits per heavy atom. The summed E-state index contributed by atoms with van der Waals surface area (Å²) in [6, 6.07) is 5.82. The van der Waals surface area contributed by atoms with Crippen molar-refractivity contribution in [1.82, 2.24) is 4.90 Å². The number of ether oxygens (including phenoxy) is 1. The number of guanidine groups is 1. The molecule has 2 rings (SSSR count). The number of hydrogen-bond donors (Lipinski definition) is 1. The Hall–Kier alpha value is -0.530. The highest BCUT2D eigenvalue weighted by molar-refractivity contribution is 14.0. The standard InChI is InChI=1S/C13H18ClN3O.HI/c1-10-2-3-12(14)8-11(10)9-16-13(15)17-4-6-18-7-5-17;/h2-3,8H,4-7,9H2,1H3,(H2,15,16);1H. The summed E-state index contributed by atoms with van der Waals surface area (Å²) in [5.74, 6) is 0.581. The van der Waals surface area contributed by atoms with Gasteiger partial charge in [0.2, 0.25) is 0 Å². The molecule has 4 nitrogen and oxygen atoms in total. The monoisotopic (exact) mass is 395 g/mol. The predicted molar refractivity (Wildman–Crippen MR) is 89.3 cm³/mol. The topological polar surface area (TPSA) is 50.8 Å². The predicted octanol–water partition coefficient (Wildman–Crippen LogP) is 2.41. The van der Waals surface area contributed by atoms with Crippen LogP contribution in [0.15, 0.2) is 23.2 Å². The number of nitrogens with two attached hydrogens (primary N) is 1. The zero-order chi connectivity index (χ0) is 13.0. The lowest BCUT2D eigenvalue weighted by molar-refractivity contribution is 0.0674. The van der Waals surface area contributed by atoms with Crippen molar-refractivity contribution in [2.45, 2.75) is 13.5 Å². The minimum Gasteiger partial charge on any atom is -0.378 e. The Balaban J connectivity index is 0.00000180. The first kappa shape index (κ1) is 16.5. The molecular formula is C13H19ClIN3O. The van der Waals surface area contributed by atoms with Crippen molar-refractivity contribution in [3.05, 3.63) is 34.3 Å². The second-order valence-electron chi connectivity index (χ2n) is 4.34. The number of morpholine rings is 1. The molecule has 6 heteroatoms. The Kier molecular flexibility index (Phi) is 6.88. The van der Waals surface area contributed by atoms with Gasteiger partial charge in [-0.2, -0.15) is 0 Å². The number of rotatable bonds is 2. The molecule has 0 aromatic heterocycles. The van der Waals surface area contributed by atoms with Gasteiger partial charge in [-0.1, -0.05) is 17.7 Å². The van der Waals surface area contributed by atoms with Gasteiger partial charge in [-0.15, -0.1) is 24.0 Å². The van der Waals surface area contributed by atoms with Crippen molar-refractivity contribution in [2.24, 2.45) is 10.7 Å². The van der Waals surface area contributed by atoms with Crippen LogP contribution in [0.4, 0.5) is 0 Å². The first-order chi connectivity index (χ1) is 8.66. The normalized spacial score (nSPS) is 16.1. The Morgan fingerprint density at radius 1 is 1.42 bits per heavy atom. The molecule has 0 atom stereocenters. The fraction of sp³-hybridized carbons (Fsp3) is 0.462. The van der Waals surface area contributed by atoms with Crippen molar-refractivity contribution in [3.8, 4) is 0 Å². The summed E-state index contributed by atoms with van der Waals surface area (Å²) < 4.78 is 5.28. The van der Waals surface area contributed by atoms with Crippen molar-refractivity contribution >= 4 is 41.5 Å². The lowest BCUT2D eigenvalue weighted by Crippen LogP contribution is -2.44. The number of nitrogens with zero attached hydrogens (tertiary/aromatic N) is 2. The van der Waals surface area contributed by atoms with Gasteiger partial charge < -0.3 is 15.4 Å². The first-order valence-electron chi connectivity index (χ1n) is 6.04. The van der Waals surface area contributed by atoms with Crippen LogP contribution in [0, 0.1) is 6.92 Å². The molecule has 1 saturated heterocycles. The molecule has 1 fully saturated rings. The minimum absolute atomic E-state index is 0. The molecule has 0 bridgehead atoms. The molecular weight excluding hydrogens is 377 g/mol. The molecule has 2 N–H and O–H groups in total. The highest BCUT2D eigenvalue weighted by Gasteiger charge is 2.12. The summed E-state index contributed by atoms with van der Waals surface area (Å²) in [5.41, 5.74) is 8.26. The summed E-state index contributed by atoms with van der Waals surface area (Å²) in [6.07, 6.45) is 0. The van der Waals surface area contributed by atoms with E-state index in [9.17, 15) is 0 Å². The van der Waals surface area contributed by atoms with Crippen molar-refractivity contribution in [3.63, 3.8) is 0 Å². The second-order valence-corrected chi connectivity index (χ2v) is 4.78. The Morgan fingerprint density at radius 2 is 2.11 bits per heavy atom. The minimum atomic E-state index is 0. The molecule has 1 aromatic rings. The molecule has 0 aliphatic carbocycles. The van der Waals surface area contributed by atoms with Gasteiger partial charge >= 0.3 is 0 Å². The van der Waals surface area contributed by atoms with Crippen molar-refractivity contribution in [2.75, 3.05) is 26.3 Å². The van der Waals surface area contributed by atoms with Gasteiger partial charge in [-0.3, -0.25) is 0 Å². The van der Waals surface area contributed by atoms with E-state index >= 15 is 0 Å². The van der Waals surface area contributed by atoms with Crippen LogP contribution in [-0.4, -0.2) is 37.2 Å². The smallest absolute Gasteiger partial charge is 0.191 e. The first-order valence-corrected chi connectivity index (χ1v) is 6.42. The largest absolute Gasteiger partial charge is 0.378 e. The van der Waals surface area contributed by atoms with Crippen molar-refractivity contribution < 1.29 is 4.74 Å². The van der Waals surface area contributed by atoms with E-state index in [2.05, 4.69) is 4.99 Å². The molecule has 0 saturated carbocycles. The summed E-state index contributed by atoms with van der Waals surface area (Å²) in [7, 11) is 0. The van der Waals surface area contributed by atoms with Crippen LogP contribution >= 0.6 is 35.6 Å². The molecule has 0 unspecified atom stereocenters. The summed E-state index contributed by atoms with van der Waals surface area (Å²) in [5, 5.41) is 0.732. The molecule has 1 aliphatic heterocycles. The Bertz CT molecular complexity index is 448. The van der Waals surface area contributed by atoms with Gasteiger partial charge in [0.1, 0.15) is 0 Å². The molecule has 0 amide bonds. The highest BCUT2D eigenvalue weighted by Crippen LogP contribution is 2.16. The molecule has 1 heterocycles. The third kappa shape index (κ3) is 4.81. The number of halogens is 2. The lowest BCUT2D eigenvalue weighted by atomic mass is 10.1. The van der Waals surface area contributed by atoms with Crippen LogP contribution in [0.2, 0.25) is 5.02 Å². The van der Waals surface area contributed by atoms with Crippen LogP contribution in [0.3, 0.4) is 0 Å². The molecule has 0 radical (unpaired) electrons. The summed E-state index contributed by atoms with van der Waals surface area (Å²) in [4.78, 5) is 6.47. The maximum atomic E-state index is 5.97. The van der Waals surface area contributed by atoms with E-state index in [0.29, 0.717) is 25.7 Å². The van der Waals surface area contributed by atoms with Crippen LogP contribution in [0.25, 0.3) is 0 Å². The second kappa shape index (κ2) is 7.91. The molecule has 19 heavy (non-hydrogen) atoms. The molecule has 0 spiro atoms. The zero-order valence-corrected chi connectivity index (χ0v) is 14.0. The molecule has 106 valence electrons. The van der Waals surface area contributed by atoms with E-state index in [4.69, 9.17) is 22.1 Å². The van der Waals surface area contributed by atoms with Gasteiger partial charge in [0.25, 0.3) is 0 Å².